The SMILES string of the molecule is C1=Cc2cc(-c3nc(-c4ccccc4)nc(-c4ccc(-c5ccc(-c6ccccc6)c6ccccc56)cc4)n3)ccc2NC1. The van der Waals surface area contributed by atoms with Crippen molar-refractivity contribution in [2.75, 3.05) is 11.9 Å². The molecule has 44 heavy (non-hydrogen) atoms. The van der Waals surface area contributed by atoms with E-state index in [9.17, 15) is 0 Å². The standard InChI is InChI=1S/C40H28N4/c1-3-10-27(11-4-1)33-22-23-34(36-16-8-7-15-35(33)36)28-17-19-30(20-18-28)39-42-38(29-12-5-2-6-13-29)43-40(44-39)32-21-24-37-31(26-32)14-9-25-41-37/h1-24,26,41H,25H2. The molecule has 0 unspecified atom stereocenters. The molecule has 8 rings (SSSR count). The van der Waals surface area contributed by atoms with Gasteiger partial charge in [0.2, 0.25) is 0 Å². The summed E-state index contributed by atoms with van der Waals surface area (Å²) in [4.78, 5) is 14.8. The van der Waals surface area contributed by atoms with Crippen molar-refractivity contribution in [3.63, 3.8) is 0 Å². The summed E-state index contributed by atoms with van der Waals surface area (Å²) in [5.74, 6) is 1.96. The minimum atomic E-state index is 0.649. The van der Waals surface area contributed by atoms with E-state index in [1.165, 1.54) is 27.5 Å². The number of nitrogens with zero attached hydrogens (tertiary/aromatic N) is 3. The van der Waals surface area contributed by atoms with Crippen molar-refractivity contribution in [3.05, 3.63) is 151 Å². The van der Waals surface area contributed by atoms with Gasteiger partial charge in [0, 0.05) is 28.9 Å². The van der Waals surface area contributed by atoms with Crippen LogP contribution in [0.1, 0.15) is 5.56 Å². The average molecular weight is 565 g/mol. The van der Waals surface area contributed by atoms with Gasteiger partial charge in [0.1, 0.15) is 0 Å². The molecule has 0 saturated heterocycles. The smallest absolute Gasteiger partial charge is 0.164 e. The Balaban J connectivity index is 1.21. The second kappa shape index (κ2) is 11.1. The Bertz CT molecular complexity index is 2150. The number of anilines is 1. The molecule has 0 radical (unpaired) electrons. The molecular formula is C40H28N4. The van der Waals surface area contributed by atoms with Gasteiger partial charge in [-0.15, -0.1) is 0 Å². The van der Waals surface area contributed by atoms with Gasteiger partial charge in [0.05, 0.1) is 0 Å². The molecule has 2 heterocycles. The summed E-state index contributed by atoms with van der Waals surface area (Å²) in [6.07, 6.45) is 4.27. The van der Waals surface area contributed by atoms with Crippen molar-refractivity contribution in [1.29, 1.82) is 0 Å². The highest BCUT2D eigenvalue weighted by Gasteiger charge is 2.15. The molecule has 0 amide bonds. The molecule has 4 heteroatoms. The van der Waals surface area contributed by atoms with Crippen molar-refractivity contribution in [2.24, 2.45) is 0 Å². The molecular weight excluding hydrogens is 536 g/mol. The fourth-order valence-electron chi connectivity index (χ4n) is 5.93. The van der Waals surface area contributed by atoms with Crippen LogP contribution in [0.2, 0.25) is 0 Å². The summed E-state index contributed by atoms with van der Waals surface area (Å²) in [5, 5.41) is 5.89. The predicted molar refractivity (Wildman–Crippen MR) is 182 cm³/mol. The Morgan fingerprint density at radius 2 is 0.909 bits per heavy atom. The van der Waals surface area contributed by atoms with Crippen LogP contribution in [0.15, 0.2) is 146 Å². The summed E-state index contributed by atoms with van der Waals surface area (Å²) < 4.78 is 0. The molecule has 1 N–H and O–H groups in total. The van der Waals surface area contributed by atoms with Crippen molar-refractivity contribution in [2.45, 2.75) is 0 Å². The monoisotopic (exact) mass is 564 g/mol. The van der Waals surface area contributed by atoms with Crippen LogP contribution in [-0.2, 0) is 0 Å². The molecule has 1 aromatic heterocycles. The maximum absolute atomic E-state index is 4.98. The first-order chi connectivity index (χ1) is 21.8. The molecule has 0 bridgehead atoms. The third kappa shape index (κ3) is 4.83. The van der Waals surface area contributed by atoms with Gasteiger partial charge < -0.3 is 5.32 Å². The van der Waals surface area contributed by atoms with Crippen LogP contribution < -0.4 is 5.32 Å². The maximum Gasteiger partial charge on any atom is 0.164 e. The van der Waals surface area contributed by atoms with Crippen molar-refractivity contribution >= 4 is 22.5 Å². The van der Waals surface area contributed by atoms with Crippen LogP contribution >= 0.6 is 0 Å². The Morgan fingerprint density at radius 1 is 0.432 bits per heavy atom. The van der Waals surface area contributed by atoms with Gasteiger partial charge >= 0.3 is 0 Å². The highest BCUT2D eigenvalue weighted by Crippen LogP contribution is 2.36. The summed E-state index contributed by atoms with van der Waals surface area (Å²) in [5.41, 5.74) is 9.91. The third-order valence-corrected chi connectivity index (χ3v) is 8.15. The molecule has 7 aromatic rings. The number of hydrogen-bond acceptors (Lipinski definition) is 4. The summed E-state index contributed by atoms with van der Waals surface area (Å²) in [6.45, 7) is 0.837. The van der Waals surface area contributed by atoms with Gasteiger partial charge in [-0.2, -0.15) is 0 Å². The lowest BCUT2D eigenvalue weighted by atomic mass is 9.92. The Kier molecular flexibility index (Phi) is 6.50. The van der Waals surface area contributed by atoms with Crippen LogP contribution in [0.5, 0.6) is 0 Å². The van der Waals surface area contributed by atoms with Crippen molar-refractivity contribution in [1.82, 2.24) is 15.0 Å². The minimum Gasteiger partial charge on any atom is -0.381 e. The topological polar surface area (TPSA) is 50.7 Å². The van der Waals surface area contributed by atoms with E-state index in [1.807, 2.05) is 30.3 Å². The first-order valence-electron chi connectivity index (χ1n) is 14.8. The summed E-state index contributed by atoms with van der Waals surface area (Å²) >= 11 is 0. The van der Waals surface area contributed by atoms with Gasteiger partial charge in [0.25, 0.3) is 0 Å². The van der Waals surface area contributed by atoms with E-state index in [0.29, 0.717) is 17.5 Å². The van der Waals surface area contributed by atoms with Gasteiger partial charge in [-0.3, -0.25) is 0 Å². The molecule has 1 aliphatic heterocycles. The lowest BCUT2D eigenvalue weighted by molar-refractivity contribution is 1.07. The molecule has 0 fully saturated rings. The number of aromatic nitrogens is 3. The van der Waals surface area contributed by atoms with Gasteiger partial charge in [-0.1, -0.05) is 133 Å². The molecule has 6 aromatic carbocycles. The van der Waals surface area contributed by atoms with Crippen LogP contribution in [0, 0.1) is 0 Å². The third-order valence-electron chi connectivity index (χ3n) is 8.15. The van der Waals surface area contributed by atoms with E-state index in [1.54, 1.807) is 0 Å². The van der Waals surface area contributed by atoms with E-state index in [4.69, 9.17) is 15.0 Å². The first kappa shape index (κ1) is 25.8. The highest BCUT2D eigenvalue weighted by molar-refractivity contribution is 6.05. The van der Waals surface area contributed by atoms with E-state index in [2.05, 4.69) is 127 Å². The number of benzene rings is 6. The fourth-order valence-corrected chi connectivity index (χ4v) is 5.93. The highest BCUT2D eigenvalue weighted by atomic mass is 15.0. The van der Waals surface area contributed by atoms with Gasteiger partial charge in [0.15, 0.2) is 17.5 Å². The lowest BCUT2D eigenvalue weighted by Crippen LogP contribution is -2.05. The van der Waals surface area contributed by atoms with E-state index in [0.717, 1.165) is 40.0 Å². The molecule has 208 valence electrons. The van der Waals surface area contributed by atoms with E-state index >= 15 is 0 Å². The Labute approximate surface area is 256 Å². The number of nitrogens with one attached hydrogen (secondary N) is 1. The molecule has 0 atom stereocenters. The lowest BCUT2D eigenvalue weighted by Gasteiger charge is -2.14. The summed E-state index contributed by atoms with van der Waals surface area (Å²) in [7, 11) is 0. The molecule has 0 saturated carbocycles. The fraction of sp³-hybridized carbons (Fsp3) is 0.0250. The van der Waals surface area contributed by atoms with Crippen LogP contribution in [0.25, 0.3) is 73.3 Å². The number of rotatable bonds is 5. The zero-order valence-corrected chi connectivity index (χ0v) is 24.0. The van der Waals surface area contributed by atoms with Crippen molar-refractivity contribution < 1.29 is 0 Å². The number of hydrogen-bond donors (Lipinski definition) is 1. The Hall–Kier alpha value is -5.87. The molecule has 1 aliphatic rings. The van der Waals surface area contributed by atoms with Crippen molar-refractivity contribution in [3.8, 4) is 56.4 Å². The maximum atomic E-state index is 4.98. The summed E-state index contributed by atoms with van der Waals surface area (Å²) in [6, 6.07) is 48.6. The predicted octanol–water partition coefficient (Wildman–Crippen LogP) is 9.80. The van der Waals surface area contributed by atoms with E-state index < -0.39 is 0 Å². The van der Waals surface area contributed by atoms with Gasteiger partial charge in [-0.05, 0) is 56.8 Å². The molecule has 4 nitrogen and oxygen atoms in total. The second-order valence-electron chi connectivity index (χ2n) is 10.9. The quantitative estimate of drug-likeness (QED) is 0.226. The first-order valence-corrected chi connectivity index (χ1v) is 14.8. The van der Waals surface area contributed by atoms with E-state index in [-0.39, 0.29) is 0 Å². The van der Waals surface area contributed by atoms with Crippen LogP contribution in [0.3, 0.4) is 0 Å². The molecule has 0 spiro atoms. The largest absolute Gasteiger partial charge is 0.381 e. The van der Waals surface area contributed by atoms with Gasteiger partial charge in [-0.25, -0.2) is 15.0 Å². The van der Waals surface area contributed by atoms with Crippen LogP contribution in [0.4, 0.5) is 5.69 Å². The number of fused-ring (bicyclic) bond motifs is 2. The normalized spacial score (nSPS) is 12.1. The van der Waals surface area contributed by atoms with Crippen LogP contribution in [-0.4, -0.2) is 21.5 Å². The second-order valence-corrected chi connectivity index (χ2v) is 10.9. The zero-order chi connectivity index (χ0) is 29.3. The molecule has 0 aliphatic carbocycles. The average Bonchev–Trinajstić information content (AvgIpc) is 3.11. The Morgan fingerprint density at radius 3 is 1.55 bits per heavy atom. The zero-order valence-electron chi connectivity index (χ0n) is 24.0. The minimum absolute atomic E-state index is 0.649.